The quantitative estimate of drug-likeness (QED) is 0.752. The minimum atomic E-state index is 0.553. The minimum Gasteiger partial charge on any atom is -0.339 e. The van der Waals surface area contributed by atoms with E-state index in [1.165, 1.54) is 0 Å². The Labute approximate surface area is 140 Å². The molecule has 0 amide bonds. The van der Waals surface area contributed by atoms with E-state index >= 15 is 0 Å². The summed E-state index contributed by atoms with van der Waals surface area (Å²) in [7, 11) is 0. The zero-order valence-electron chi connectivity index (χ0n) is 12.6. The van der Waals surface area contributed by atoms with Crippen LogP contribution in [0, 0.1) is 0 Å². The lowest BCUT2D eigenvalue weighted by molar-refractivity contribution is 0.887. The Morgan fingerprint density at radius 3 is 2.48 bits per heavy atom. The van der Waals surface area contributed by atoms with Crippen molar-refractivity contribution in [3.63, 3.8) is 0 Å². The Balaban J connectivity index is 1.85. The van der Waals surface area contributed by atoms with Crippen molar-refractivity contribution in [2.45, 2.75) is 6.92 Å². The molecule has 5 nitrogen and oxygen atoms in total. The van der Waals surface area contributed by atoms with E-state index in [4.69, 9.17) is 11.6 Å². The second-order valence-corrected chi connectivity index (χ2v) is 5.29. The van der Waals surface area contributed by atoms with E-state index in [0.29, 0.717) is 16.8 Å². The van der Waals surface area contributed by atoms with Crippen molar-refractivity contribution in [1.29, 1.82) is 0 Å². The molecule has 0 fully saturated rings. The van der Waals surface area contributed by atoms with Crippen molar-refractivity contribution < 1.29 is 0 Å². The summed E-state index contributed by atoms with van der Waals surface area (Å²) in [6, 6.07) is 17.4. The molecule has 0 radical (unpaired) electrons. The lowest BCUT2D eigenvalue weighted by atomic mass is 10.3. The highest BCUT2D eigenvalue weighted by Gasteiger charge is 2.11. The number of nitrogens with zero attached hydrogens (tertiary/aromatic N) is 4. The van der Waals surface area contributed by atoms with Gasteiger partial charge in [-0.3, -0.25) is 0 Å². The normalized spacial score (nSPS) is 10.3. The summed E-state index contributed by atoms with van der Waals surface area (Å²) in [6.45, 7) is 2.80. The van der Waals surface area contributed by atoms with Crippen LogP contribution in [0.2, 0.25) is 5.02 Å². The van der Waals surface area contributed by atoms with Crippen molar-refractivity contribution in [2.24, 2.45) is 0 Å². The number of hydrogen-bond acceptors (Lipinski definition) is 5. The second kappa shape index (κ2) is 7.07. The van der Waals surface area contributed by atoms with Crippen LogP contribution in [0.25, 0.3) is 0 Å². The standard InChI is InChI=1S/C17H16ClN5/c1-2-23(15-6-4-3-5-7-15)17-21-16(12-19-22-17)20-14-10-8-13(18)9-11-14/h3-12H,2H2,1H3,(H,20,21,22). The van der Waals surface area contributed by atoms with Crippen molar-refractivity contribution >= 4 is 34.7 Å². The number of benzene rings is 2. The van der Waals surface area contributed by atoms with Crippen LogP contribution in [0.15, 0.2) is 60.8 Å². The first kappa shape index (κ1) is 15.2. The first-order valence-corrected chi connectivity index (χ1v) is 7.69. The molecule has 0 aliphatic carbocycles. The maximum Gasteiger partial charge on any atom is 0.251 e. The second-order valence-electron chi connectivity index (χ2n) is 4.85. The van der Waals surface area contributed by atoms with E-state index in [1.807, 2.05) is 59.5 Å². The third-order valence-corrected chi connectivity index (χ3v) is 3.54. The van der Waals surface area contributed by atoms with Gasteiger partial charge < -0.3 is 10.2 Å². The number of rotatable bonds is 5. The predicted octanol–water partition coefficient (Wildman–Crippen LogP) is 4.43. The monoisotopic (exact) mass is 325 g/mol. The summed E-state index contributed by atoms with van der Waals surface area (Å²) >= 11 is 5.90. The average Bonchev–Trinajstić information content (AvgIpc) is 2.59. The molecule has 6 heteroatoms. The zero-order chi connectivity index (χ0) is 16.1. The fourth-order valence-electron chi connectivity index (χ4n) is 2.20. The van der Waals surface area contributed by atoms with Gasteiger partial charge in [-0.05, 0) is 43.3 Å². The Morgan fingerprint density at radius 1 is 1.04 bits per heavy atom. The molecule has 0 atom stereocenters. The van der Waals surface area contributed by atoms with E-state index in [9.17, 15) is 0 Å². The topological polar surface area (TPSA) is 53.9 Å². The molecule has 0 saturated heterocycles. The molecule has 3 rings (SSSR count). The van der Waals surface area contributed by atoms with Gasteiger partial charge in [0.2, 0.25) is 0 Å². The Bertz CT molecular complexity index is 761. The Morgan fingerprint density at radius 2 is 1.78 bits per heavy atom. The zero-order valence-corrected chi connectivity index (χ0v) is 13.4. The van der Waals surface area contributed by atoms with Crippen molar-refractivity contribution in [2.75, 3.05) is 16.8 Å². The van der Waals surface area contributed by atoms with Gasteiger partial charge in [0.15, 0.2) is 5.82 Å². The van der Waals surface area contributed by atoms with Crippen molar-refractivity contribution in [1.82, 2.24) is 15.2 Å². The number of nitrogens with one attached hydrogen (secondary N) is 1. The molecule has 116 valence electrons. The summed E-state index contributed by atoms with van der Waals surface area (Å²) < 4.78 is 0. The van der Waals surface area contributed by atoms with Gasteiger partial charge in [0, 0.05) is 22.9 Å². The van der Waals surface area contributed by atoms with Crippen LogP contribution in [0.1, 0.15) is 6.92 Å². The molecule has 1 heterocycles. The van der Waals surface area contributed by atoms with Crippen LogP contribution in [0.3, 0.4) is 0 Å². The lowest BCUT2D eigenvalue weighted by Crippen LogP contribution is -2.19. The van der Waals surface area contributed by atoms with Gasteiger partial charge in [0.1, 0.15) is 0 Å². The van der Waals surface area contributed by atoms with Gasteiger partial charge in [0.25, 0.3) is 5.95 Å². The molecule has 0 aliphatic heterocycles. The molecule has 0 aliphatic rings. The van der Waals surface area contributed by atoms with E-state index in [2.05, 4.69) is 27.4 Å². The first-order chi connectivity index (χ1) is 11.3. The predicted molar refractivity (Wildman–Crippen MR) is 93.7 cm³/mol. The third-order valence-electron chi connectivity index (χ3n) is 3.29. The van der Waals surface area contributed by atoms with Crippen molar-refractivity contribution in [3.05, 3.63) is 65.8 Å². The number of para-hydroxylation sites is 1. The van der Waals surface area contributed by atoms with E-state index < -0.39 is 0 Å². The molecule has 23 heavy (non-hydrogen) atoms. The molecule has 0 spiro atoms. The van der Waals surface area contributed by atoms with Crippen molar-refractivity contribution in [3.8, 4) is 0 Å². The van der Waals surface area contributed by atoms with Crippen LogP contribution in [0.5, 0.6) is 0 Å². The molecule has 1 N–H and O–H groups in total. The molecule has 0 unspecified atom stereocenters. The molecule has 0 saturated carbocycles. The number of aromatic nitrogens is 3. The van der Waals surface area contributed by atoms with E-state index in [1.54, 1.807) is 6.20 Å². The number of halogens is 1. The molecule has 0 bridgehead atoms. The van der Waals surface area contributed by atoms with E-state index in [-0.39, 0.29) is 0 Å². The third kappa shape index (κ3) is 3.76. The highest BCUT2D eigenvalue weighted by atomic mass is 35.5. The summed E-state index contributed by atoms with van der Waals surface area (Å²) in [5, 5.41) is 12.1. The average molecular weight is 326 g/mol. The minimum absolute atomic E-state index is 0.553. The van der Waals surface area contributed by atoms with Gasteiger partial charge in [-0.25, -0.2) is 0 Å². The molecule has 2 aromatic carbocycles. The smallest absolute Gasteiger partial charge is 0.251 e. The number of anilines is 4. The first-order valence-electron chi connectivity index (χ1n) is 7.31. The van der Waals surface area contributed by atoms with Crippen LogP contribution >= 0.6 is 11.6 Å². The van der Waals surface area contributed by atoms with Gasteiger partial charge in [-0.1, -0.05) is 29.8 Å². The largest absolute Gasteiger partial charge is 0.339 e. The summed E-state index contributed by atoms with van der Waals surface area (Å²) in [6.07, 6.45) is 1.59. The number of hydrogen-bond donors (Lipinski definition) is 1. The molecular weight excluding hydrogens is 310 g/mol. The van der Waals surface area contributed by atoms with Gasteiger partial charge in [-0.15, -0.1) is 5.10 Å². The Hall–Kier alpha value is -2.66. The maximum atomic E-state index is 5.90. The molecule has 3 aromatic rings. The van der Waals surface area contributed by atoms with Gasteiger partial charge >= 0.3 is 0 Å². The van der Waals surface area contributed by atoms with Crippen LogP contribution in [0.4, 0.5) is 23.1 Å². The molecular formula is C17H16ClN5. The summed E-state index contributed by atoms with van der Waals surface area (Å²) in [5.41, 5.74) is 1.92. The highest BCUT2D eigenvalue weighted by Crippen LogP contribution is 2.23. The highest BCUT2D eigenvalue weighted by molar-refractivity contribution is 6.30. The van der Waals surface area contributed by atoms with Crippen LogP contribution in [-0.4, -0.2) is 21.7 Å². The fourth-order valence-corrected chi connectivity index (χ4v) is 2.32. The SMILES string of the molecule is CCN(c1ccccc1)c1nncc(Nc2ccc(Cl)cc2)n1. The molecule has 1 aromatic heterocycles. The van der Waals surface area contributed by atoms with E-state index in [0.717, 1.165) is 17.9 Å². The summed E-state index contributed by atoms with van der Waals surface area (Å²) in [5.74, 6) is 1.18. The summed E-state index contributed by atoms with van der Waals surface area (Å²) in [4.78, 5) is 6.55. The van der Waals surface area contributed by atoms with Crippen LogP contribution < -0.4 is 10.2 Å². The lowest BCUT2D eigenvalue weighted by Gasteiger charge is -2.20. The van der Waals surface area contributed by atoms with Gasteiger partial charge in [-0.2, -0.15) is 10.1 Å². The fraction of sp³-hybridized carbons (Fsp3) is 0.118. The Kier molecular flexibility index (Phi) is 4.68. The maximum absolute atomic E-state index is 5.90. The van der Waals surface area contributed by atoms with Crippen LogP contribution in [-0.2, 0) is 0 Å². The van der Waals surface area contributed by atoms with Gasteiger partial charge in [0.05, 0.1) is 6.20 Å².